The van der Waals surface area contributed by atoms with Gasteiger partial charge in [0.05, 0.1) is 11.0 Å². The van der Waals surface area contributed by atoms with E-state index in [4.69, 9.17) is 4.74 Å². The lowest BCUT2D eigenvalue weighted by molar-refractivity contribution is -0.134. The first kappa shape index (κ1) is 15.1. The van der Waals surface area contributed by atoms with E-state index in [1.807, 2.05) is 59.2 Å². The summed E-state index contributed by atoms with van der Waals surface area (Å²) in [5, 5.41) is 1.18. The van der Waals surface area contributed by atoms with Gasteiger partial charge in [-0.3, -0.25) is 4.79 Å². The summed E-state index contributed by atoms with van der Waals surface area (Å²) in [5.74, 6) is 0.118. The van der Waals surface area contributed by atoms with Crippen LogP contribution in [-0.4, -0.2) is 10.5 Å². The third-order valence-corrected chi connectivity index (χ3v) is 4.14. The van der Waals surface area contributed by atoms with Crippen LogP contribution in [0.5, 0.6) is 5.75 Å². The lowest BCUT2D eigenvalue weighted by Gasteiger charge is -2.14. The molecule has 25 heavy (non-hydrogen) atoms. The number of ether oxygens (including phenoxy) is 1. The Morgan fingerprint density at radius 1 is 0.760 bits per heavy atom. The number of para-hydroxylation sites is 3. The van der Waals surface area contributed by atoms with E-state index in [0.717, 1.165) is 11.0 Å². The van der Waals surface area contributed by atoms with Crippen molar-refractivity contribution in [3.63, 3.8) is 0 Å². The second kappa shape index (κ2) is 6.24. The molecular formula is C21H15NO3. The maximum Gasteiger partial charge on any atom is 0.331 e. The minimum Gasteiger partial charge on any atom is -0.425 e. The van der Waals surface area contributed by atoms with E-state index in [0.29, 0.717) is 16.5 Å². The molecule has 1 aromatic heterocycles. The fourth-order valence-electron chi connectivity index (χ4n) is 3.03. The molecule has 0 unspecified atom stereocenters. The molecule has 0 bridgehead atoms. The molecule has 4 rings (SSSR count). The summed E-state index contributed by atoms with van der Waals surface area (Å²) in [6.45, 7) is 0.0240. The molecule has 0 aliphatic heterocycles. The van der Waals surface area contributed by atoms with Gasteiger partial charge >= 0.3 is 5.97 Å². The highest BCUT2D eigenvalue weighted by atomic mass is 16.5. The average Bonchev–Trinajstić information content (AvgIpc) is 2.66. The topological polar surface area (TPSA) is 48.3 Å². The lowest BCUT2D eigenvalue weighted by atomic mass is 10.1. The zero-order chi connectivity index (χ0) is 17.2. The molecule has 3 aromatic carbocycles. The first-order valence-electron chi connectivity index (χ1n) is 8.00. The summed E-state index contributed by atoms with van der Waals surface area (Å²) in [5.41, 5.74) is 1.41. The Hall–Kier alpha value is -3.40. The van der Waals surface area contributed by atoms with Crippen LogP contribution in [-0.2, 0) is 11.3 Å². The molecule has 0 N–H and O–H groups in total. The SMILES string of the molecule is O=C(Cn1c2ccccc2c(=O)c2ccccc21)Oc1ccccc1. The standard InChI is InChI=1S/C21H15NO3/c23-20(25-15-8-2-1-3-9-15)14-22-18-12-6-4-10-16(18)21(24)17-11-5-7-13-19(17)22/h1-13H,14H2. The summed E-state index contributed by atoms with van der Waals surface area (Å²) >= 11 is 0. The molecule has 122 valence electrons. The minimum absolute atomic E-state index is 0.0240. The van der Waals surface area contributed by atoms with Gasteiger partial charge in [-0.05, 0) is 36.4 Å². The molecule has 0 fully saturated rings. The number of fused-ring (bicyclic) bond motifs is 2. The van der Waals surface area contributed by atoms with Crippen molar-refractivity contribution in [3.05, 3.63) is 89.1 Å². The second-order valence-corrected chi connectivity index (χ2v) is 5.74. The maximum atomic E-state index is 12.7. The van der Waals surface area contributed by atoms with Crippen molar-refractivity contribution in [1.29, 1.82) is 0 Å². The van der Waals surface area contributed by atoms with Gasteiger partial charge in [-0.25, -0.2) is 4.79 Å². The van der Waals surface area contributed by atoms with E-state index in [9.17, 15) is 9.59 Å². The normalized spacial score (nSPS) is 10.9. The first-order chi connectivity index (χ1) is 12.2. The third-order valence-electron chi connectivity index (χ3n) is 4.14. The van der Waals surface area contributed by atoms with Crippen molar-refractivity contribution in [2.24, 2.45) is 0 Å². The number of benzene rings is 3. The van der Waals surface area contributed by atoms with Crippen molar-refractivity contribution in [3.8, 4) is 5.75 Å². The molecule has 0 aliphatic rings. The summed E-state index contributed by atoms with van der Waals surface area (Å²) in [6.07, 6.45) is 0. The molecule has 0 amide bonds. The van der Waals surface area contributed by atoms with Crippen LogP contribution in [0.25, 0.3) is 21.8 Å². The van der Waals surface area contributed by atoms with E-state index >= 15 is 0 Å². The number of carbonyl (C=O) groups is 1. The number of hydrogen-bond donors (Lipinski definition) is 0. The molecule has 0 spiro atoms. The Morgan fingerprint density at radius 2 is 1.28 bits per heavy atom. The number of esters is 1. The van der Waals surface area contributed by atoms with Gasteiger partial charge in [-0.15, -0.1) is 0 Å². The molecule has 0 radical (unpaired) electrons. The monoisotopic (exact) mass is 329 g/mol. The number of rotatable bonds is 3. The van der Waals surface area contributed by atoms with Crippen molar-refractivity contribution in [1.82, 2.24) is 4.57 Å². The Kier molecular flexibility index (Phi) is 3.78. The number of aromatic nitrogens is 1. The molecule has 0 aliphatic carbocycles. The summed E-state index contributed by atoms with van der Waals surface area (Å²) < 4.78 is 7.24. The number of carbonyl (C=O) groups excluding carboxylic acids is 1. The third kappa shape index (κ3) is 2.78. The Balaban J connectivity index is 1.83. The quantitative estimate of drug-likeness (QED) is 0.327. The van der Waals surface area contributed by atoms with E-state index in [-0.39, 0.29) is 17.9 Å². The van der Waals surface area contributed by atoms with Crippen LogP contribution in [0.1, 0.15) is 0 Å². The lowest BCUT2D eigenvalue weighted by Crippen LogP contribution is -2.19. The van der Waals surface area contributed by atoms with Crippen molar-refractivity contribution in [2.75, 3.05) is 0 Å². The van der Waals surface area contributed by atoms with Crippen molar-refractivity contribution in [2.45, 2.75) is 6.54 Å². The highest BCUT2D eigenvalue weighted by Crippen LogP contribution is 2.19. The molecular weight excluding hydrogens is 314 g/mol. The molecule has 1 heterocycles. The van der Waals surface area contributed by atoms with E-state index < -0.39 is 0 Å². The molecule has 4 aromatic rings. The highest BCUT2D eigenvalue weighted by Gasteiger charge is 2.13. The van der Waals surface area contributed by atoms with Crippen LogP contribution >= 0.6 is 0 Å². The van der Waals surface area contributed by atoms with Crippen LogP contribution in [0.4, 0.5) is 0 Å². The number of pyridine rings is 1. The van der Waals surface area contributed by atoms with E-state index in [1.54, 1.807) is 24.3 Å². The number of hydrogen-bond acceptors (Lipinski definition) is 3. The van der Waals surface area contributed by atoms with Crippen LogP contribution in [0.3, 0.4) is 0 Å². The Bertz CT molecular complexity index is 1070. The predicted molar refractivity (Wildman–Crippen MR) is 97.8 cm³/mol. The van der Waals surface area contributed by atoms with Gasteiger partial charge in [0.15, 0.2) is 5.43 Å². The minimum atomic E-state index is -0.384. The van der Waals surface area contributed by atoms with Gasteiger partial charge in [0.25, 0.3) is 0 Å². The zero-order valence-electron chi connectivity index (χ0n) is 13.4. The molecule has 0 saturated heterocycles. The van der Waals surface area contributed by atoms with Gasteiger partial charge < -0.3 is 9.30 Å². The second-order valence-electron chi connectivity index (χ2n) is 5.74. The molecule has 0 atom stereocenters. The van der Waals surface area contributed by atoms with Crippen molar-refractivity contribution < 1.29 is 9.53 Å². The Morgan fingerprint density at radius 3 is 1.88 bits per heavy atom. The van der Waals surface area contributed by atoms with Crippen LogP contribution in [0.15, 0.2) is 83.7 Å². The molecule has 4 heteroatoms. The van der Waals surface area contributed by atoms with E-state index in [1.165, 1.54) is 0 Å². The molecule has 0 saturated carbocycles. The highest BCUT2D eigenvalue weighted by molar-refractivity contribution is 5.94. The smallest absolute Gasteiger partial charge is 0.331 e. The summed E-state index contributed by atoms with van der Waals surface area (Å²) in [4.78, 5) is 25.1. The van der Waals surface area contributed by atoms with Gasteiger partial charge in [-0.1, -0.05) is 42.5 Å². The van der Waals surface area contributed by atoms with Crippen LogP contribution < -0.4 is 10.2 Å². The summed E-state index contributed by atoms with van der Waals surface area (Å²) in [7, 11) is 0. The molecule has 4 nitrogen and oxygen atoms in total. The zero-order valence-corrected chi connectivity index (χ0v) is 13.4. The van der Waals surface area contributed by atoms with Gasteiger partial charge in [0, 0.05) is 10.8 Å². The van der Waals surface area contributed by atoms with Crippen LogP contribution in [0, 0.1) is 0 Å². The largest absolute Gasteiger partial charge is 0.425 e. The van der Waals surface area contributed by atoms with Gasteiger partial charge in [0.1, 0.15) is 12.3 Å². The predicted octanol–water partition coefficient (Wildman–Crippen LogP) is 3.76. The fourth-order valence-corrected chi connectivity index (χ4v) is 3.03. The Labute approximate surface area is 143 Å². The van der Waals surface area contributed by atoms with Gasteiger partial charge in [-0.2, -0.15) is 0 Å². The van der Waals surface area contributed by atoms with Crippen molar-refractivity contribution >= 4 is 27.8 Å². The first-order valence-corrected chi connectivity index (χ1v) is 8.00. The average molecular weight is 329 g/mol. The van der Waals surface area contributed by atoms with Crippen LogP contribution in [0.2, 0.25) is 0 Å². The van der Waals surface area contributed by atoms with E-state index in [2.05, 4.69) is 0 Å². The van der Waals surface area contributed by atoms with Gasteiger partial charge in [0.2, 0.25) is 0 Å². The maximum absolute atomic E-state index is 12.7. The number of nitrogens with zero attached hydrogens (tertiary/aromatic N) is 1. The summed E-state index contributed by atoms with van der Waals surface area (Å²) in [6, 6.07) is 23.6. The fraction of sp³-hybridized carbons (Fsp3) is 0.0476.